The van der Waals surface area contributed by atoms with Gasteiger partial charge in [0.2, 0.25) is 0 Å². The number of aliphatic hydroxyl groups excluding tert-OH is 1. The van der Waals surface area contributed by atoms with Crippen molar-refractivity contribution >= 4 is 11.8 Å². The molecule has 0 spiro atoms. The molecule has 0 fully saturated rings. The standard InChI is InChI=1S/C14H14FNO2S/c15-11-4-6-13(7-5-11)18-9-12(17)10-19-14-3-1-2-8-16-14/h1-8,12,17H,9-10H2/t12-/m0/s1. The van der Waals surface area contributed by atoms with Crippen molar-refractivity contribution in [2.24, 2.45) is 0 Å². The number of aromatic nitrogens is 1. The molecule has 5 heteroatoms. The van der Waals surface area contributed by atoms with Gasteiger partial charge in [-0.25, -0.2) is 9.37 Å². The number of aliphatic hydroxyl groups is 1. The van der Waals surface area contributed by atoms with Crippen molar-refractivity contribution in [3.63, 3.8) is 0 Å². The maximum absolute atomic E-state index is 12.7. The molecule has 0 amide bonds. The van der Waals surface area contributed by atoms with Gasteiger partial charge in [0, 0.05) is 11.9 Å². The van der Waals surface area contributed by atoms with E-state index in [1.165, 1.54) is 36.0 Å². The van der Waals surface area contributed by atoms with Crippen LogP contribution in [0.15, 0.2) is 53.7 Å². The minimum Gasteiger partial charge on any atom is -0.491 e. The Balaban J connectivity index is 1.72. The monoisotopic (exact) mass is 279 g/mol. The first kappa shape index (κ1) is 13.8. The number of pyridine rings is 1. The summed E-state index contributed by atoms with van der Waals surface area (Å²) in [6, 6.07) is 11.4. The van der Waals surface area contributed by atoms with Gasteiger partial charge in [0.25, 0.3) is 0 Å². The fraction of sp³-hybridized carbons (Fsp3) is 0.214. The van der Waals surface area contributed by atoms with Gasteiger partial charge in [-0.1, -0.05) is 6.07 Å². The van der Waals surface area contributed by atoms with E-state index in [4.69, 9.17) is 4.74 Å². The summed E-state index contributed by atoms with van der Waals surface area (Å²) in [6.45, 7) is 0.172. The van der Waals surface area contributed by atoms with Crippen molar-refractivity contribution in [1.29, 1.82) is 0 Å². The zero-order chi connectivity index (χ0) is 13.5. The number of halogens is 1. The molecule has 0 saturated heterocycles. The predicted molar refractivity (Wildman–Crippen MR) is 72.9 cm³/mol. The van der Waals surface area contributed by atoms with E-state index in [0.717, 1.165) is 5.03 Å². The van der Waals surface area contributed by atoms with Gasteiger partial charge in [-0.2, -0.15) is 0 Å². The second-order valence-electron chi connectivity index (χ2n) is 3.90. The fourth-order valence-electron chi connectivity index (χ4n) is 1.39. The van der Waals surface area contributed by atoms with Crippen LogP contribution in [0.5, 0.6) is 5.75 Å². The molecule has 100 valence electrons. The Bertz CT molecular complexity index is 493. The fourth-order valence-corrected chi connectivity index (χ4v) is 2.15. The molecule has 19 heavy (non-hydrogen) atoms. The van der Waals surface area contributed by atoms with Crippen LogP contribution in [0, 0.1) is 5.82 Å². The summed E-state index contributed by atoms with van der Waals surface area (Å²) in [4.78, 5) is 4.15. The van der Waals surface area contributed by atoms with Gasteiger partial charge in [-0.3, -0.25) is 0 Å². The third kappa shape index (κ3) is 4.89. The van der Waals surface area contributed by atoms with Gasteiger partial charge in [0.15, 0.2) is 0 Å². The maximum atomic E-state index is 12.7. The Morgan fingerprint density at radius 3 is 2.68 bits per heavy atom. The van der Waals surface area contributed by atoms with Crippen molar-refractivity contribution in [3.8, 4) is 5.75 Å². The Morgan fingerprint density at radius 2 is 2.00 bits per heavy atom. The minimum absolute atomic E-state index is 0.172. The first-order chi connectivity index (χ1) is 9.24. The molecular weight excluding hydrogens is 265 g/mol. The summed E-state index contributed by atoms with van der Waals surface area (Å²) in [7, 11) is 0. The summed E-state index contributed by atoms with van der Waals surface area (Å²) in [6.07, 6.45) is 1.11. The van der Waals surface area contributed by atoms with Crippen LogP contribution < -0.4 is 4.74 Å². The van der Waals surface area contributed by atoms with E-state index in [0.29, 0.717) is 11.5 Å². The minimum atomic E-state index is -0.600. The maximum Gasteiger partial charge on any atom is 0.123 e. The molecule has 0 bridgehead atoms. The lowest BCUT2D eigenvalue weighted by molar-refractivity contribution is 0.126. The highest BCUT2D eigenvalue weighted by atomic mass is 32.2. The summed E-state index contributed by atoms with van der Waals surface area (Å²) in [5.74, 6) is 0.736. The molecule has 1 heterocycles. The van der Waals surface area contributed by atoms with E-state index < -0.39 is 6.10 Å². The summed E-state index contributed by atoms with van der Waals surface area (Å²) in [5.41, 5.74) is 0. The first-order valence-corrected chi connectivity index (χ1v) is 6.83. The Hall–Kier alpha value is -1.59. The second kappa shape index (κ2) is 7.11. The number of benzene rings is 1. The SMILES string of the molecule is O[C@@H](COc1ccc(F)cc1)CSc1ccccn1. The number of rotatable bonds is 6. The Kier molecular flexibility index (Phi) is 5.18. The molecule has 0 aliphatic heterocycles. The second-order valence-corrected chi connectivity index (χ2v) is 4.94. The normalized spacial score (nSPS) is 12.1. The van der Waals surface area contributed by atoms with E-state index in [2.05, 4.69) is 4.98 Å². The Morgan fingerprint density at radius 1 is 1.21 bits per heavy atom. The Labute approximate surface area is 115 Å². The molecule has 0 aliphatic rings. The van der Waals surface area contributed by atoms with Crippen LogP contribution in [0.1, 0.15) is 0 Å². The van der Waals surface area contributed by atoms with Gasteiger partial charge in [-0.15, -0.1) is 11.8 Å². The average molecular weight is 279 g/mol. The molecule has 1 atom stereocenters. The summed E-state index contributed by atoms with van der Waals surface area (Å²) < 4.78 is 18.0. The molecule has 0 saturated carbocycles. The molecule has 0 unspecified atom stereocenters. The van der Waals surface area contributed by atoms with Crippen LogP contribution in [0.2, 0.25) is 0 Å². The van der Waals surface area contributed by atoms with Gasteiger partial charge in [-0.05, 0) is 36.4 Å². The van der Waals surface area contributed by atoms with E-state index in [-0.39, 0.29) is 12.4 Å². The third-order valence-corrected chi connectivity index (χ3v) is 3.41. The number of ether oxygens (including phenoxy) is 1. The highest BCUT2D eigenvalue weighted by molar-refractivity contribution is 7.99. The average Bonchev–Trinajstić information content (AvgIpc) is 2.45. The number of hydrogen-bond donors (Lipinski definition) is 1. The lowest BCUT2D eigenvalue weighted by atomic mass is 10.3. The molecule has 3 nitrogen and oxygen atoms in total. The molecule has 0 radical (unpaired) electrons. The van der Waals surface area contributed by atoms with Crippen LogP contribution in [-0.4, -0.2) is 28.6 Å². The molecule has 0 aliphatic carbocycles. The van der Waals surface area contributed by atoms with Crippen LogP contribution in [-0.2, 0) is 0 Å². The number of hydrogen-bond acceptors (Lipinski definition) is 4. The van der Waals surface area contributed by atoms with E-state index in [9.17, 15) is 9.50 Å². The molecule has 2 rings (SSSR count). The quantitative estimate of drug-likeness (QED) is 0.826. The van der Waals surface area contributed by atoms with E-state index in [1.54, 1.807) is 6.20 Å². The van der Waals surface area contributed by atoms with E-state index in [1.807, 2.05) is 18.2 Å². The van der Waals surface area contributed by atoms with Crippen LogP contribution in [0.3, 0.4) is 0 Å². The number of thioether (sulfide) groups is 1. The van der Waals surface area contributed by atoms with Crippen molar-refractivity contribution in [2.45, 2.75) is 11.1 Å². The zero-order valence-corrected chi connectivity index (χ0v) is 11.0. The van der Waals surface area contributed by atoms with Crippen LogP contribution in [0.25, 0.3) is 0 Å². The summed E-state index contributed by atoms with van der Waals surface area (Å²) in [5, 5.41) is 10.6. The lowest BCUT2D eigenvalue weighted by Crippen LogP contribution is -2.20. The first-order valence-electron chi connectivity index (χ1n) is 5.84. The van der Waals surface area contributed by atoms with Crippen molar-refractivity contribution in [3.05, 3.63) is 54.5 Å². The molecular formula is C14H14FNO2S. The van der Waals surface area contributed by atoms with E-state index >= 15 is 0 Å². The van der Waals surface area contributed by atoms with Gasteiger partial charge < -0.3 is 9.84 Å². The summed E-state index contributed by atoms with van der Waals surface area (Å²) >= 11 is 1.47. The van der Waals surface area contributed by atoms with Gasteiger partial charge >= 0.3 is 0 Å². The molecule has 2 aromatic rings. The predicted octanol–water partition coefficient (Wildman–Crippen LogP) is 2.75. The van der Waals surface area contributed by atoms with Gasteiger partial charge in [0.1, 0.15) is 18.2 Å². The lowest BCUT2D eigenvalue weighted by Gasteiger charge is -2.11. The molecule has 1 aromatic heterocycles. The van der Waals surface area contributed by atoms with Crippen molar-refractivity contribution in [2.75, 3.05) is 12.4 Å². The smallest absolute Gasteiger partial charge is 0.123 e. The van der Waals surface area contributed by atoms with Gasteiger partial charge in [0.05, 0.1) is 11.1 Å². The topological polar surface area (TPSA) is 42.4 Å². The highest BCUT2D eigenvalue weighted by Crippen LogP contribution is 2.16. The highest BCUT2D eigenvalue weighted by Gasteiger charge is 2.07. The molecule has 1 aromatic carbocycles. The molecule has 1 N–H and O–H groups in total. The zero-order valence-electron chi connectivity index (χ0n) is 10.2. The largest absolute Gasteiger partial charge is 0.491 e. The third-order valence-electron chi connectivity index (χ3n) is 2.32. The van der Waals surface area contributed by atoms with Crippen molar-refractivity contribution < 1.29 is 14.2 Å². The van der Waals surface area contributed by atoms with Crippen LogP contribution >= 0.6 is 11.8 Å². The van der Waals surface area contributed by atoms with Crippen molar-refractivity contribution in [1.82, 2.24) is 4.98 Å². The van der Waals surface area contributed by atoms with Crippen LogP contribution in [0.4, 0.5) is 4.39 Å². The number of nitrogens with zero attached hydrogens (tertiary/aromatic N) is 1.